The van der Waals surface area contributed by atoms with E-state index in [2.05, 4.69) is 10.3 Å². The van der Waals surface area contributed by atoms with Gasteiger partial charge in [-0.3, -0.25) is 19.5 Å². The van der Waals surface area contributed by atoms with Crippen molar-refractivity contribution in [2.45, 2.75) is 25.1 Å². The number of amidine groups is 1. The Hall–Kier alpha value is -3.88. The fourth-order valence-corrected chi connectivity index (χ4v) is 5.54. The van der Waals surface area contributed by atoms with Gasteiger partial charge in [-0.25, -0.2) is 4.99 Å². The van der Waals surface area contributed by atoms with Crippen LogP contribution in [0.15, 0.2) is 84.0 Å². The van der Waals surface area contributed by atoms with Crippen LogP contribution in [0, 0.1) is 6.92 Å². The van der Waals surface area contributed by atoms with Crippen LogP contribution in [0.25, 0.3) is 10.8 Å². The molecule has 0 unspecified atom stereocenters. The molecular weight excluding hydrogens is 520 g/mol. The number of hydrogen-bond donors (Lipinski definition) is 1. The predicted molar refractivity (Wildman–Crippen MR) is 153 cm³/mol. The Kier molecular flexibility index (Phi) is 7.62. The van der Waals surface area contributed by atoms with Crippen LogP contribution < -0.4 is 10.1 Å². The second kappa shape index (κ2) is 11.2. The second-order valence-corrected chi connectivity index (χ2v) is 10.4. The number of amides is 2. The zero-order valence-electron chi connectivity index (χ0n) is 20.8. The van der Waals surface area contributed by atoms with E-state index in [-0.39, 0.29) is 24.8 Å². The number of halogens is 1. The van der Waals surface area contributed by atoms with Crippen LogP contribution in [0.2, 0.25) is 5.02 Å². The van der Waals surface area contributed by atoms with E-state index in [1.54, 1.807) is 23.2 Å². The number of pyridine rings is 1. The van der Waals surface area contributed by atoms with Crippen molar-refractivity contribution in [1.82, 2.24) is 9.88 Å². The summed E-state index contributed by atoms with van der Waals surface area (Å²) in [5.41, 5.74) is 2.81. The Morgan fingerprint density at radius 3 is 2.71 bits per heavy atom. The van der Waals surface area contributed by atoms with Crippen LogP contribution in [0.4, 0.5) is 11.4 Å². The number of aliphatic imine (C=N–C) groups is 1. The molecule has 192 valence electrons. The molecule has 1 atom stereocenters. The number of thioether (sulfide) groups is 1. The summed E-state index contributed by atoms with van der Waals surface area (Å²) in [6, 6.07) is 22.8. The second-order valence-electron chi connectivity index (χ2n) is 8.80. The van der Waals surface area contributed by atoms with Gasteiger partial charge in [-0.05, 0) is 42.1 Å². The van der Waals surface area contributed by atoms with Crippen LogP contribution in [0.3, 0.4) is 0 Å². The zero-order valence-corrected chi connectivity index (χ0v) is 22.4. The molecule has 0 aliphatic carbocycles. The van der Waals surface area contributed by atoms with Crippen molar-refractivity contribution in [2.24, 2.45) is 4.99 Å². The van der Waals surface area contributed by atoms with Crippen LogP contribution in [-0.4, -0.2) is 39.2 Å². The van der Waals surface area contributed by atoms with E-state index in [0.29, 0.717) is 21.6 Å². The summed E-state index contributed by atoms with van der Waals surface area (Å²) < 4.78 is 5.37. The van der Waals surface area contributed by atoms with E-state index in [0.717, 1.165) is 27.7 Å². The number of benzene rings is 3. The van der Waals surface area contributed by atoms with E-state index < -0.39 is 5.25 Å². The number of aromatic nitrogens is 1. The average Bonchev–Trinajstić information content (AvgIpc) is 3.20. The summed E-state index contributed by atoms with van der Waals surface area (Å²) in [6.07, 6.45) is 1.67. The fraction of sp³-hybridized carbons (Fsp3) is 0.172. The monoisotopic (exact) mass is 544 g/mol. The first-order valence-corrected chi connectivity index (χ1v) is 13.3. The molecule has 1 N–H and O–H groups in total. The average molecular weight is 545 g/mol. The standard InChI is InChI=1S/C29H25ClN4O3S/c1-18-14-24(25(37-2)15-22(18)30)32-27(35)16-26-28(36)34(17-20-10-5-6-13-31-20)29(38-26)33-23-12-7-9-19-8-3-4-11-21(19)23/h3-15,26H,16-17H2,1-2H3,(H,32,35)/t26-/m1/s1. The number of nitrogens with one attached hydrogen (secondary N) is 1. The van der Waals surface area contributed by atoms with Crippen molar-refractivity contribution < 1.29 is 14.3 Å². The summed E-state index contributed by atoms with van der Waals surface area (Å²) in [7, 11) is 1.51. The first kappa shape index (κ1) is 25.8. The van der Waals surface area contributed by atoms with Gasteiger partial charge < -0.3 is 10.1 Å². The Labute approximate surface area is 229 Å². The topological polar surface area (TPSA) is 83.9 Å². The third-order valence-electron chi connectivity index (χ3n) is 6.17. The molecule has 1 fully saturated rings. The van der Waals surface area contributed by atoms with Crippen molar-refractivity contribution in [1.29, 1.82) is 0 Å². The maximum Gasteiger partial charge on any atom is 0.243 e. The predicted octanol–water partition coefficient (Wildman–Crippen LogP) is 6.37. The zero-order chi connectivity index (χ0) is 26.6. The van der Waals surface area contributed by atoms with Gasteiger partial charge in [0.25, 0.3) is 0 Å². The van der Waals surface area contributed by atoms with E-state index in [1.165, 1.54) is 18.9 Å². The molecule has 3 aromatic carbocycles. The molecule has 5 rings (SSSR count). The molecule has 0 saturated carbocycles. The van der Waals surface area contributed by atoms with Crippen molar-refractivity contribution in [3.05, 3.63) is 95.3 Å². The number of carbonyl (C=O) groups is 2. The third kappa shape index (κ3) is 5.51. The van der Waals surface area contributed by atoms with Gasteiger partial charge in [0.05, 0.1) is 30.7 Å². The van der Waals surface area contributed by atoms with Crippen molar-refractivity contribution in [3.8, 4) is 5.75 Å². The summed E-state index contributed by atoms with van der Waals surface area (Å²) >= 11 is 7.48. The van der Waals surface area contributed by atoms with Crippen LogP contribution in [-0.2, 0) is 16.1 Å². The molecule has 38 heavy (non-hydrogen) atoms. The SMILES string of the molecule is COc1cc(Cl)c(C)cc1NC(=O)C[C@H]1SC(=Nc2cccc3ccccc23)N(Cc2ccccn2)C1=O. The molecule has 0 spiro atoms. The Bertz CT molecular complexity index is 1540. The molecule has 2 amide bonds. The Morgan fingerprint density at radius 2 is 1.92 bits per heavy atom. The number of ether oxygens (including phenoxy) is 1. The van der Waals surface area contributed by atoms with Gasteiger partial charge >= 0.3 is 0 Å². The smallest absolute Gasteiger partial charge is 0.243 e. The molecule has 1 aliphatic heterocycles. The molecule has 1 aliphatic rings. The highest BCUT2D eigenvalue weighted by Crippen LogP contribution is 2.36. The van der Waals surface area contributed by atoms with E-state index >= 15 is 0 Å². The lowest BCUT2D eigenvalue weighted by Gasteiger charge is -2.16. The molecule has 9 heteroatoms. The van der Waals surface area contributed by atoms with Gasteiger partial charge in [0, 0.05) is 29.1 Å². The maximum atomic E-state index is 13.6. The van der Waals surface area contributed by atoms with Gasteiger partial charge in [0.2, 0.25) is 11.8 Å². The van der Waals surface area contributed by atoms with E-state index in [1.807, 2.05) is 67.6 Å². The minimum Gasteiger partial charge on any atom is -0.495 e. The van der Waals surface area contributed by atoms with Crippen molar-refractivity contribution in [3.63, 3.8) is 0 Å². The van der Waals surface area contributed by atoms with Crippen LogP contribution in [0.1, 0.15) is 17.7 Å². The fourth-order valence-electron chi connectivity index (χ4n) is 4.23. The van der Waals surface area contributed by atoms with Crippen LogP contribution >= 0.6 is 23.4 Å². The lowest BCUT2D eigenvalue weighted by atomic mass is 10.1. The van der Waals surface area contributed by atoms with Crippen molar-refractivity contribution in [2.75, 3.05) is 12.4 Å². The lowest BCUT2D eigenvalue weighted by Crippen LogP contribution is -2.33. The van der Waals surface area contributed by atoms with E-state index in [4.69, 9.17) is 21.3 Å². The molecule has 0 radical (unpaired) electrons. The molecule has 1 saturated heterocycles. The number of aryl methyl sites for hydroxylation is 1. The number of hydrogen-bond acceptors (Lipinski definition) is 6. The number of rotatable bonds is 7. The highest BCUT2D eigenvalue weighted by atomic mass is 35.5. The first-order valence-electron chi connectivity index (χ1n) is 12.0. The molecule has 7 nitrogen and oxygen atoms in total. The maximum absolute atomic E-state index is 13.6. The summed E-state index contributed by atoms with van der Waals surface area (Å²) in [4.78, 5) is 37.5. The number of nitrogens with zero attached hydrogens (tertiary/aromatic N) is 3. The normalized spacial score (nSPS) is 16.3. The number of methoxy groups -OCH3 is 1. The van der Waals surface area contributed by atoms with Gasteiger partial charge in [-0.15, -0.1) is 0 Å². The number of carbonyl (C=O) groups excluding carboxylic acids is 2. The lowest BCUT2D eigenvalue weighted by molar-refractivity contribution is -0.128. The first-order chi connectivity index (χ1) is 18.4. The molecular formula is C29H25ClN4O3S. The highest BCUT2D eigenvalue weighted by molar-refractivity contribution is 8.15. The van der Waals surface area contributed by atoms with Crippen molar-refractivity contribution >= 4 is 62.5 Å². The van der Waals surface area contributed by atoms with Crippen LogP contribution in [0.5, 0.6) is 5.75 Å². The van der Waals surface area contributed by atoms with Gasteiger partial charge in [-0.2, -0.15) is 0 Å². The van der Waals surface area contributed by atoms with E-state index in [9.17, 15) is 9.59 Å². The number of fused-ring (bicyclic) bond motifs is 1. The summed E-state index contributed by atoms with van der Waals surface area (Å²) in [5, 5.41) is 5.36. The minimum atomic E-state index is -0.633. The molecule has 1 aromatic heterocycles. The third-order valence-corrected chi connectivity index (χ3v) is 7.76. The Morgan fingerprint density at radius 1 is 1.13 bits per heavy atom. The molecule has 2 heterocycles. The largest absolute Gasteiger partial charge is 0.495 e. The minimum absolute atomic E-state index is 0.0262. The highest BCUT2D eigenvalue weighted by Gasteiger charge is 2.39. The number of anilines is 1. The van der Waals surface area contributed by atoms with Gasteiger partial charge in [0.1, 0.15) is 11.0 Å². The molecule has 0 bridgehead atoms. The van der Waals surface area contributed by atoms with Gasteiger partial charge in [0.15, 0.2) is 5.17 Å². The quantitative estimate of drug-likeness (QED) is 0.292. The summed E-state index contributed by atoms with van der Waals surface area (Å²) in [5.74, 6) is -0.0385. The van der Waals surface area contributed by atoms with Gasteiger partial charge in [-0.1, -0.05) is 65.8 Å². The summed E-state index contributed by atoms with van der Waals surface area (Å²) in [6.45, 7) is 2.11. The Balaban J connectivity index is 1.42. The molecule has 4 aromatic rings.